The number of pyridine rings is 1. The van der Waals surface area contributed by atoms with Crippen molar-refractivity contribution < 1.29 is 4.74 Å². The third-order valence-electron chi connectivity index (χ3n) is 3.80. The van der Waals surface area contributed by atoms with E-state index < -0.39 is 0 Å². The fraction of sp³-hybridized carbons (Fsp3) is 0.571. The number of hydrogen-bond donors (Lipinski definition) is 0. The van der Waals surface area contributed by atoms with Crippen LogP contribution in [0.2, 0.25) is 0 Å². The smallest absolute Gasteiger partial charge is 0.156 e. The molecule has 0 unspecified atom stereocenters. The second-order valence-corrected chi connectivity index (χ2v) is 5.90. The van der Waals surface area contributed by atoms with Crippen molar-refractivity contribution in [3.63, 3.8) is 0 Å². The largest absolute Gasteiger partial charge is 0.377 e. The molecule has 5 nitrogen and oxygen atoms in total. The van der Waals surface area contributed by atoms with Crippen molar-refractivity contribution in [2.24, 2.45) is 7.05 Å². The third-order valence-corrected chi connectivity index (χ3v) is 4.12. The Morgan fingerprint density at radius 1 is 1.35 bits per heavy atom. The lowest BCUT2D eigenvalue weighted by molar-refractivity contribution is 0.0480. The zero-order valence-electron chi connectivity index (χ0n) is 11.6. The van der Waals surface area contributed by atoms with Gasteiger partial charge in [0.15, 0.2) is 5.82 Å². The molecule has 2 aromatic heterocycles. The minimum Gasteiger partial charge on any atom is -0.377 e. The molecule has 108 valence electrons. The van der Waals surface area contributed by atoms with Gasteiger partial charge in [-0.25, -0.2) is 9.97 Å². The van der Waals surface area contributed by atoms with Gasteiger partial charge < -0.3 is 14.2 Å². The summed E-state index contributed by atoms with van der Waals surface area (Å²) in [7, 11) is 2.01. The molecule has 0 spiro atoms. The number of nitrogens with zero attached hydrogens (tertiary/aromatic N) is 4. The molecule has 2 aromatic rings. The number of piperidine rings is 1. The van der Waals surface area contributed by atoms with E-state index in [1.807, 2.05) is 30.2 Å². The van der Waals surface area contributed by atoms with Gasteiger partial charge in [-0.2, -0.15) is 0 Å². The molecule has 1 fully saturated rings. The van der Waals surface area contributed by atoms with Gasteiger partial charge in [-0.05, 0) is 18.9 Å². The summed E-state index contributed by atoms with van der Waals surface area (Å²) in [6, 6.07) is 2.01. The van der Waals surface area contributed by atoms with Crippen LogP contribution in [0.1, 0.15) is 12.8 Å². The van der Waals surface area contributed by atoms with E-state index in [0.29, 0.717) is 6.10 Å². The number of aryl methyl sites for hydroxylation is 1. The SMILES string of the molecule is Cn1cnc2c(N3CCC(OCCBr)CC3)nccc21. The molecule has 0 radical (unpaired) electrons. The Labute approximate surface area is 127 Å². The number of hydrogen-bond acceptors (Lipinski definition) is 4. The predicted molar refractivity (Wildman–Crippen MR) is 83.5 cm³/mol. The Hall–Kier alpha value is -1.14. The molecule has 1 aliphatic heterocycles. The molecule has 6 heteroatoms. The Morgan fingerprint density at radius 2 is 2.15 bits per heavy atom. The van der Waals surface area contributed by atoms with Gasteiger partial charge in [-0.3, -0.25) is 0 Å². The molecule has 0 bridgehead atoms. The first-order chi connectivity index (χ1) is 9.79. The van der Waals surface area contributed by atoms with E-state index in [-0.39, 0.29) is 0 Å². The van der Waals surface area contributed by atoms with Crippen LogP contribution in [-0.2, 0) is 11.8 Å². The molecule has 0 N–H and O–H groups in total. The molecule has 20 heavy (non-hydrogen) atoms. The van der Waals surface area contributed by atoms with Crippen molar-refractivity contribution in [1.29, 1.82) is 0 Å². The Balaban J connectivity index is 1.73. The van der Waals surface area contributed by atoms with Crippen LogP contribution in [-0.4, -0.2) is 45.7 Å². The van der Waals surface area contributed by atoms with Crippen molar-refractivity contribution in [3.8, 4) is 0 Å². The molecule has 0 aliphatic carbocycles. The van der Waals surface area contributed by atoms with E-state index in [4.69, 9.17) is 4.74 Å². The normalized spacial score (nSPS) is 17.0. The lowest BCUT2D eigenvalue weighted by Crippen LogP contribution is -2.37. The average molecular weight is 339 g/mol. The predicted octanol–water partition coefficient (Wildman–Crippen LogP) is 2.35. The van der Waals surface area contributed by atoms with Crippen LogP contribution in [0.15, 0.2) is 18.6 Å². The Morgan fingerprint density at radius 3 is 2.90 bits per heavy atom. The lowest BCUT2D eigenvalue weighted by atomic mass is 10.1. The molecule has 0 aromatic carbocycles. The second-order valence-electron chi connectivity index (χ2n) is 5.10. The van der Waals surface area contributed by atoms with E-state index in [0.717, 1.165) is 54.7 Å². The highest BCUT2D eigenvalue weighted by atomic mass is 79.9. The van der Waals surface area contributed by atoms with Gasteiger partial charge in [0.2, 0.25) is 0 Å². The fourth-order valence-electron chi connectivity index (χ4n) is 2.73. The fourth-order valence-corrected chi connectivity index (χ4v) is 2.91. The van der Waals surface area contributed by atoms with Gasteiger partial charge in [-0.1, -0.05) is 15.9 Å². The maximum absolute atomic E-state index is 5.79. The zero-order chi connectivity index (χ0) is 13.9. The van der Waals surface area contributed by atoms with E-state index in [1.165, 1.54) is 0 Å². The van der Waals surface area contributed by atoms with E-state index >= 15 is 0 Å². The standard InChI is InChI=1S/C14H19BrN4O/c1-18-10-17-13-12(18)2-6-16-14(13)19-7-3-11(4-8-19)20-9-5-15/h2,6,10-11H,3-5,7-9H2,1H3. The molecular formula is C14H19BrN4O. The molecule has 3 heterocycles. The number of anilines is 1. The van der Waals surface area contributed by atoms with Crippen LogP contribution in [0.25, 0.3) is 11.0 Å². The topological polar surface area (TPSA) is 43.2 Å². The quantitative estimate of drug-likeness (QED) is 0.802. The van der Waals surface area contributed by atoms with Gasteiger partial charge in [0.05, 0.1) is 24.6 Å². The molecular weight excluding hydrogens is 320 g/mol. The number of ether oxygens (including phenoxy) is 1. The summed E-state index contributed by atoms with van der Waals surface area (Å²) in [5.41, 5.74) is 2.13. The summed E-state index contributed by atoms with van der Waals surface area (Å²) >= 11 is 3.40. The zero-order valence-corrected chi connectivity index (χ0v) is 13.2. The summed E-state index contributed by atoms with van der Waals surface area (Å²) in [4.78, 5) is 11.3. The first-order valence-electron chi connectivity index (χ1n) is 6.98. The summed E-state index contributed by atoms with van der Waals surface area (Å²) < 4.78 is 7.83. The average Bonchev–Trinajstić information content (AvgIpc) is 2.87. The molecule has 0 saturated carbocycles. The van der Waals surface area contributed by atoms with E-state index in [2.05, 4.69) is 30.8 Å². The molecule has 0 amide bonds. The molecule has 1 aliphatic rings. The minimum absolute atomic E-state index is 0.381. The van der Waals surface area contributed by atoms with E-state index in [1.54, 1.807) is 0 Å². The van der Waals surface area contributed by atoms with Crippen LogP contribution >= 0.6 is 15.9 Å². The summed E-state index contributed by atoms with van der Waals surface area (Å²) in [5.74, 6) is 1.00. The molecule has 3 rings (SSSR count). The van der Waals surface area contributed by atoms with E-state index in [9.17, 15) is 0 Å². The van der Waals surface area contributed by atoms with Crippen molar-refractivity contribution in [1.82, 2.24) is 14.5 Å². The third kappa shape index (κ3) is 2.67. The second kappa shape index (κ2) is 6.10. The Kier molecular flexibility index (Phi) is 4.21. The number of alkyl halides is 1. The van der Waals surface area contributed by atoms with Crippen LogP contribution in [0.4, 0.5) is 5.82 Å². The Bertz CT molecular complexity index is 578. The number of fused-ring (bicyclic) bond motifs is 1. The molecule has 0 atom stereocenters. The number of halogens is 1. The van der Waals surface area contributed by atoms with Crippen molar-refractivity contribution in [2.75, 3.05) is 29.9 Å². The van der Waals surface area contributed by atoms with Crippen molar-refractivity contribution >= 4 is 32.8 Å². The summed E-state index contributed by atoms with van der Waals surface area (Å²) in [6.07, 6.45) is 6.20. The van der Waals surface area contributed by atoms with Crippen molar-refractivity contribution in [3.05, 3.63) is 18.6 Å². The van der Waals surface area contributed by atoms with Crippen LogP contribution in [0.5, 0.6) is 0 Å². The van der Waals surface area contributed by atoms with Crippen LogP contribution in [0, 0.1) is 0 Å². The molecule has 1 saturated heterocycles. The van der Waals surface area contributed by atoms with Crippen molar-refractivity contribution in [2.45, 2.75) is 18.9 Å². The first kappa shape index (κ1) is 13.8. The summed E-state index contributed by atoms with van der Waals surface area (Å²) in [5, 5.41) is 0.905. The lowest BCUT2D eigenvalue weighted by Gasteiger charge is -2.32. The minimum atomic E-state index is 0.381. The van der Waals surface area contributed by atoms with Gasteiger partial charge in [0.1, 0.15) is 5.52 Å². The highest BCUT2D eigenvalue weighted by molar-refractivity contribution is 9.09. The number of imidazole rings is 1. The van der Waals surface area contributed by atoms with Gasteiger partial charge in [0, 0.05) is 31.7 Å². The highest BCUT2D eigenvalue weighted by Crippen LogP contribution is 2.26. The van der Waals surface area contributed by atoms with Crippen LogP contribution in [0.3, 0.4) is 0 Å². The maximum atomic E-state index is 5.79. The number of aromatic nitrogens is 3. The van der Waals surface area contributed by atoms with Gasteiger partial charge in [-0.15, -0.1) is 0 Å². The van der Waals surface area contributed by atoms with Gasteiger partial charge in [0.25, 0.3) is 0 Å². The highest BCUT2D eigenvalue weighted by Gasteiger charge is 2.22. The van der Waals surface area contributed by atoms with Gasteiger partial charge >= 0.3 is 0 Å². The van der Waals surface area contributed by atoms with Crippen LogP contribution < -0.4 is 4.90 Å². The summed E-state index contributed by atoms with van der Waals surface area (Å²) in [6.45, 7) is 2.75. The number of rotatable bonds is 4. The first-order valence-corrected chi connectivity index (χ1v) is 8.10. The monoisotopic (exact) mass is 338 g/mol. The maximum Gasteiger partial charge on any atom is 0.156 e.